The summed E-state index contributed by atoms with van der Waals surface area (Å²) in [6, 6.07) is 7.08. The third-order valence-corrected chi connectivity index (χ3v) is 3.50. The number of tetrazole rings is 1. The van der Waals surface area contributed by atoms with Gasteiger partial charge < -0.3 is 0 Å². The van der Waals surface area contributed by atoms with Crippen molar-refractivity contribution in [1.29, 1.82) is 0 Å². The molecule has 1 aromatic carbocycles. The fourth-order valence-corrected chi connectivity index (χ4v) is 2.38. The smallest absolute Gasteiger partial charge is 0.257 e. The predicted molar refractivity (Wildman–Crippen MR) is 76.8 cm³/mol. The maximum atomic E-state index is 12.2. The van der Waals surface area contributed by atoms with E-state index in [1.165, 1.54) is 11.3 Å². The van der Waals surface area contributed by atoms with Crippen LogP contribution in [0, 0.1) is 6.92 Å². The molecule has 21 heavy (non-hydrogen) atoms. The Morgan fingerprint density at radius 2 is 2.14 bits per heavy atom. The van der Waals surface area contributed by atoms with Crippen molar-refractivity contribution < 1.29 is 4.79 Å². The van der Waals surface area contributed by atoms with Gasteiger partial charge in [-0.3, -0.25) is 10.1 Å². The number of hydrogen-bond acceptors (Lipinski definition) is 7. The van der Waals surface area contributed by atoms with E-state index in [0.717, 1.165) is 10.6 Å². The van der Waals surface area contributed by atoms with Gasteiger partial charge in [0.2, 0.25) is 5.13 Å². The van der Waals surface area contributed by atoms with E-state index in [2.05, 4.69) is 31.0 Å². The zero-order chi connectivity index (χ0) is 14.8. The Labute approximate surface area is 123 Å². The van der Waals surface area contributed by atoms with Crippen molar-refractivity contribution in [3.63, 3.8) is 0 Å². The molecule has 3 rings (SSSR count). The van der Waals surface area contributed by atoms with Crippen molar-refractivity contribution >= 4 is 22.4 Å². The van der Waals surface area contributed by atoms with Crippen LogP contribution < -0.4 is 5.32 Å². The summed E-state index contributed by atoms with van der Waals surface area (Å²) >= 11 is 1.32. The Morgan fingerprint density at radius 3 is 2.81 bits per heavy atom. The van der Waals surface area contributed by atoms with Gasteiger partial charge in [0.25, 0.3) is 5.91 Å². The molecule has 9 heteroatoms. The minimum atomic E-state index is -0.247. The topological polar surface area (TPSA) is 98.5 Å². The molecule has 0 unspecified atom stereocenters. The highest BCUT2D eigenvalue weighted by Gasteiger charge is 2.12. The number of hydrogen-bond donors (Lipinski definition) is 1. The zero-order valence-electron chi connectivity index (χ0n) is 11.3. The van der Waals surface area contributed by atoms with Gasteiger partial charge >= 0.3 is 0 Å². The number of anilines is 1. The monoisotopic (exact) mass is 301 g/mol. The second-order valence-electron chi connectivity index (χ2n) is 4.29. The van der Waals surface area contributed by atoms with Crippen molar-refractivity contribution in [1.82, 2.24) is 30.4 Å². The first-order valence-electron chi connectivity index (χ1n) is 6.08. The summed E-state index contributed by atoms with van der Waals surface area (Å²) in [5.74, 6) is 0.347. The molecule has 8 nitrogen and oxygen atoms in total. The van der Waals surface area contributed by atoms with Gasteiger partial charge in [-0.05, 0) is 29.5 Å². The van der Waals surface area contributed by atoms with E-state index in [-0.39, 0.29) is 5.91 Å². The first kappa shape index (κ1) is 13.3. The molecule has 0 bridgehead atoms. The van der Waals surface area contributed by atoms with Crippen LogP contribution in [0.5, 0.6) is 0 Å². The van der Waals surface area contributed by atoms with Crippen LogP contribution in [0.25, 0.3) is 11.4 Å². The van der Waals surface area contributed by atoms with Crippen molar-refractivity contribution in [2.45, 2.75) is 6.92 Å². The molecule has 1 N–H and O–H groups in total. The summed E-state index contributed by atoms with van der Waals surface area (Å²) in [5, 5.41) is 23.0. The summed E-state index contributed by atoms with van der Waals surface area (Å²) < 4.78 is 1.55. The Hall–Kier alpha value is -2.68. The largest absolute Gasteiger partial charge is 0.296 e. The van der Waals surface area contributed by atoms with Gasteiger partial charge in [0, 0.05) is 18.2 Å². The minimum absolute atomic E-state index is 0.247. The molecule has 0 aliphatic heterocycles. The Balaban J connectivity index is 1.86. The molecule has 2 aromatic heterocycles. The summed E-state index contributed by atoms with van der Waals surface area (Å²) in [6.45, 7) is 1.83. The van der Waals surface area contributed by atoms with Crippen LogP contribution in [0.1, 0.15) is 15.4 Å². The van der Waals surface area contributed by atoms with Crippen molar-refractivity contribution in [2.24, 2.45) is 7.05 Å². The molecule has 0 aliphatic rings. The lowest BCUT2D eigenvalue weighted by Crippen LogP contribution is -2.11. The standard InChI is InChI=1S/C12H11N7OS/c1-7-14-16-12(21-7)13-11(20)9-5-3-4-8(6-9)10-15-17-18-19(10)2/h3-6H,1-2H3,(H,13,16,20). The Morgan fingerprint density at radius 1 is 1.29 bits per heavy atom. The zero-order valence-corrected chi connectivity index (χ0v) is 12.1. The van der Waals surface area contributed by atoms with Crippen LogP contribution >= 0.6 is 11.3 Å². The molecule has 106 valence electrons. The van der Waals surface area contributed by atoms with Gasteiger partial charge in [0.05, 0.1) is 0 Å². The first-order valence-corrected chi connectivity index (χ1v) is 6.89. The summed E-state index contributed by atoms with van der Waals surface area (Å²) in [4.78, 5) is 12.2. The molecule has 0 fully saturated rings. The average molecular weight is 301 g/mol. The number of carbonyl (C=O) groups excluding carboxylic acids is 1. The lowest BCUT2D eigenvalue weighted by atomic mass is 10.1. The predicted octanol–water partition coefficient (Wildman–Crippen LogP) is 1.29. The first-order chi connectivity index (χ1) is 10.1. The van der Waals surface area contributed by atoms with Crippen molar-refractivity contribution in [3.8, 4) is 11.4 Å². The van der Waals surface area contributed by atoms with Crippen LogP contribution in [0.15, 0.2) is 24.3 Å². The van der Waals surface area contributed by atoms with Crippen LogP contribution in [0.2, 0.25) is 0 Å². The number of nitrogens with one attached hydrogen (secondary N) is 1. The van der Waals surface area contributed by atoms with Crippen LogP contribution in [0.3, 0.4) is 0 Å². The quantitative estimate of drug-likeness (QED) is 0.782. The third kappa shape index (κ3) is 2.77. The highest BCUT2D eigenvalue weighted by molar-refractivity contribution is 7.15. The Kier molecular flexibility index (Phi) is 3.40. The van der Waals surface area contributed by atoms with Crippen LogP contribution in [0.4, 0.5) is 5.13 Å². The van der Waals surface area contributed by atoms with Gasteiger partial charge in [-0.25, -0.2) is 4.68 Å². The number of carbonyl (C=O) groups is 1. The molecular formula is C12H11N7OS. The molecule has 0 spiro atoms. The summed E-state index contributed by atoms with van der Waals surface area (Å²) in [5.41, 5.74) is 1.27. The van der Waals surface area contributed by atoms with Gasteiger partial charge in [-0.1, -0.05) is 23.5 Å². The van der Waals surface area contributed by atoms with Crippen molar-refractivity contribution in [2.75, 3.05) is 5.32 Å². The Bertz CT molecular complexity index is 794. The summed E-state index contributed by atoms with van der Waals surface area (Å²) in [6.07, 6.45) is 0. The third-order valence-electron chi connectivity index (χ3n) is 2.75. The molecule has 0 atom stereocenters. The molecule has 0 aliphatic carbocycles. The van der Waals surface area contributed by atoms with E-state index in [1.54, 1.807) is 29.9 Å². The number of aromatic nitrogens is 6. The molecule has 0 saturated carbocycles. The van der Waals surface area contributed by atoms with Crippen LogP contribution in [-0.2, 0) is 7.05 Å². The average Bonchev–Trinajstić information content (AvgIpc) is 3.07. The van der Waals surface area contributed by atoms with Gasteiger partial charge in [0.1, 0.15) is 5.01 Å². The number of amides is 1. The van der Waals surface area contributed by atoms with E-state index in [9.17, 15) is 4.79 Å². The molecule has 3 aromatic rings. The molecule has 0 saturated heterocycles. The number of aryl methyl sites for hydroxylation is 2. The number of nitrogens with zero attached hydrogens (tertiary/aromatic N) is 6. The van der Waals surface area contributed by atoms with E-state index >= 15 is 0 Å². The van der Waals surface area contributed by atoms with E-state index in [4.69, 9.17) is 0 Å². The lowest BCUT2D eigenvalue weighted by molar-refractivity contribution is 0.102. The highest BCUT2D eigenvalue weighted by Crippen LogP contribution is 2.19. The van der Waals surface area contributed by atoms with Crippen molar-refractivity contribution in [3.05, 3.63) is 34.8 Å². The fraction of sp³-hybridized carbons (Fsp3) is 0.167. The molecule has 0 radical (unpaired) electrons. The molecule has 1 amide bonds. The van der Waals surface area contributed by atoms with Crippen LogP contribution in [-0.4, -0.2) is 36.3 Å². The molecule has 2 heterocycles. The van der Waals surface area contributed by atoms with E-state index < -0.39 is 0 Å². The lowest BCUT2D eigenvalue weighted by Gasteiger charge is -2.04. The second kappa shape index (κ2) is 5.37. The second-order valence-corrected chi connectivity index (χ2v) is 5.47. The summed E-state index contributed by atoms with van der Waals surface area (Å²) in [7, 11) is 1.74. The number of rotatable bonds is 3. The van der Waals surface area contributed by atoms with Gasteiger partial charge in [-0.2, -0.15) is 0 Å². The highest BCUT2D eigenvalue weighted by atomic mass is 32.1. The fourth-order valence-electron chi connectivity index (χ4n) is 1.79. The minimum Gasteiger partial charge on any atom is -0.296 e. The SMILES string of the molecule is Cc1nnc(NC(=O)c2cccc(-c3nnnn3C)c2)s1. The van der Waals surface area contributed by atoms with E-state index in [0.29, 0.717) is 16.5 Å². The van der Waals surface area contributed by atoms with Gasteiger partial charge in [-0.15, -0.1) is 15.3 Å². The maximum Gasteiger partial charge on any atom is 0.257 e. The number of benzene rings is 1. The normalized spacial score (nSPS) is 10.6. The molecular weight excluding hydrogens is 290 g/mol. The van der Waals surface area contributed by atoms with Gasteiger partial charge in [0.15, 0.2) is 5.82 Å². The van der Waals surface area contributed by atoms with E-state index in [1.807, 2.05) is 13.0 Å². The maximum absolute atomic E-state index is 12.2.